The average Bonchev–Trinajstić information content (AvgIpc) is 3.12. The lowest BCUT2D eigenvalue weighted by molar-refractivity contribution is 0.150. The van der Waals surface area contributed by atoms with Crippen LogP contribution in [-0.4, -0.2) is 44.0 Å². The molecule has 2 aromatic heterocycles. The molecule has 0 aliphatic carbocycles. The number of amides is 1. The van der Waals surface area contributed by atoms with Gasteiger partial charge in [0.15, 0.2) is 0 Å². The maximum atomic E-state index is 11.1. The van der Waals surface area contributed by atoms with E-state index in [2.05, 4.69) is 54.5 Å². The zero-order valence-electron chi connectivity index (χ0n) is 17.0. The standard InChI is InChI=1S/C24H22N4O2/c1-15-11-23(16-7-9-28(10-8-16)24(29)30)25-22-6-4-18(13-20(15)22)17-3-5-21-19(12-17)14-27(2)26-21/h3-7,11-14H,8-10H2,1-2H3,(H,29,30). The number of pyridine rings is 1. The van der Waals surface area contributed by atoms with E-state index >= 15 is 0 Å². The number of benzene rings is 2. The van der Waals surface area contributed by atoms with Crippen molar-refractivity contribution in [1.82, 2.24) is 19.7 Å². The molecule has 0 saturated heterocycles. The SMILES string of the molecule is Cc1cc(C2=CCN(C(=O)O)CC2)nc2ccc(-c3ccc4nn(C)cc4c3)cc12. The first-order valence-corrected chi connectivity index (χ1v) is 10.0. The van der Waals surface area contributed by atoms with Gasteiger partial charge in [-0.15, -0.1) is 0 Å². The van der Waals surface area contributed by atoms with Crippen molar-refractivity contribution in [3.05, 3.63) is 66.0 Å². The maximum absolute atomic E-state index is 11.1. The van der Waals surface area contributed by atoms with Crippen LogP contribution in [0.25, 0.3) is 38.5 Å². The summed E-state index contributed by atoms with van der Waals surface area (Å²) in [5.41, 5.74) is 7.48. The number of nitrogens with zero attached hydrogens (tertiary/aromatic N) is 4. The normalized spacial score (nSPS) is 14.3. The highest BCUT2D eigenvalue weighted by Gasteiger charge is 2.18. The van der Waals surface area contributed by atoms with E-state index in [4.69, 9.17) is 10.1 Å². The predicted octanol–water partition coefficient (Wildman–Crippen LogP) is 4.86. The molecule has 1 aliphatic rings. The van der Waals surface area contributed by atoms with Crippen molar-refractivity contribution in [1.29, 1.82) is 0 Å². The third-order valence-electron chi connectivity index (χ3n) is 5.78. The van der Waals surface area contributed by atoms with Crippen LogP contribution in [0.1, 0.15) is 17.7 Å². The second kappa shape index (κ2) is 6.99. The van der Waals surface area contributed by atoms with Crippen LogP contribution < -0.4 is 0 Å². The number of aromatic nitrogens is 3. The van der Waals surface area contributed by atoms with Crippen LogP contribution in [0.15, 0.2) is 54.7 Å². The molecule has 1 amide bonds. The maximum Gasteiger partial charge on any atom is 0.407 e. The van der Waals surface area contributed by atoms with Crippen LogP contribution in [0.2, 0.25) is 0 Å². The number of carbonyl (C=O) groups is 1. The van der Waals surface area contributed by atoms with Crippen molar-refractivity contribution in [2.75, 3.05) is 13.1 Å². The Morgan fingerprint density at radius 1 is 1.07 bits per heavy atom. The van der Waals surface area contributed by atoms with Gasteiger partial charge in [0, 0.05) is 37.1 Å². The predicted molar refractivity (Wildman–Crippen MR) is 118 cm³/mol. The van der Waals surface area contributed by atoms with Gasteiger partial charge in [-0.3, -0.25) is 4.68 Å². The Kier molecular flexibility index (Phi) is 4.28. The first-order chi connectivity index (χ1) is 14.5. The van der Waals surface area contributed by atoms with Crippen LogP contribution >= 0.6 is 0 Å². The number of hydrogen-bond donors (Lipinski definition) is 1. The van der Waals surface area contributed by atoms with Crippen molar-refractivity contribution < 1.29 is 9.90 Å². The lowest BCUT2D eigenvalue weighted by Crippen LogP contribution is -2.33. The Bertz CT molecular complexity index is 1340. The van der Waals surface area contributed by atoms with Gasteiger partial charge in [-0.25, -0.2) is 9.78 Å². The Balaban J connectivity index is 1.51. The molecule has 6 nitrogen and oxygen atoms in total. The van der Waals surface area contributed by atoms with Gasteiger partial charge in [-0.2, -0.15) is 5.10 Å². The molecule has 2 aromatic carbocycles. The highest BCUT2D eigenvalue weighted by atomic mass is 16.4. The fourth-order valence-electron chi connectivity index (χ4n) is 4.14. The number of rotatable bonds is 2. The summed E-state index contributed by atoms with van der Waals surface area (Å²) in [5.74, 6) is 0. The summed E-state index contributed by atoms with van der Waals surface area (Å²) < 4.78 is 1.83. The third kappa shape index (κ3) is 3.20. The molecule has 3 heterocycles. The van der Waals surface area contributed by atoms with Gasteiger partial charge < -0.3 is 10.0 Å². The topological polar surface area (TPSA) is 71.2 Å². The summed E-state index contributed by atoms with van der Waals surface area (Å²) in [7, 11) is 1.93. The fourth-order valence-corrected chi connectivity index (χ4v) is 4.14. The van der Waals surface area contributed by atoms with Crippen LogP contribution in [0.3, 0.4) is 0 Å². The number of hydrogen-bond acceptors (Lipinski definition) is 3. The number of aryl methyl sites for hydroxylation is 2. The van der Waals surface area contributed by atoms with Crippen LogP contribution in [0, 0.1) is 6.92 Å². The fraction of sp³-hybridized carbons (Fsp3) is 0.208. The molecule has 150 valence electrons. The molecule has 4 aromatic rings. The smallest absolute Gasteiger partial charge is 0.407 e. The summed E-state index contributed by atoms with van der Waals surface area (Å²) in [4.78, 5) is 17.4. The molecule has 0 unspecified atom stereocenters. The summed E-state index contributed by atoms with van der Waals surface area (Å²) in [6.07, 6.45) is 3.82. The van der Waals surface area contributed by atoms with Crippen LogP contribution in [0.5, 0.6) is 0 Å². The molecule has 0 saturated carbocycles. The van der Waals surface area contributed by atoms with E-state index in [-0.39, 0.29) is 0 Å². The Labute approximate surface area is 174 Å². The van der Waals surface area contributed by atoms with Crippen molar-refractivity contribution in [3.8, 4) is 11.1 Å². The lowest BCUT2D eigenvalue weighted by Gasteiger charge is -2.23. The molecule has 0 radical (unpaired) electrons. The van der Waals surface area contributed by atoms with Crippen LogP contribution in [-0.2, 0) is 7.05 Å². The second-order valence-corrected chi connectivity index (χ2v) is 7.84. The first kappa shape index (κ1) is 18.4. The molecule has 0 fully saturated rings. The zero-order chi connectivity index (χ0) is 20.8. The molecule has 6 heteroatoms. The molecule has 30 heavy (non-hydrogen) atoms. The largest absolute Gasteiger partial charge is 0.465 e. The Hall–Kier alpha value is -3.67. The zero-order valence-corrected chi connectivity index (χ0v) is 17.0. The van der Waals surface area contributed by atoms with Crippen molar-refractivity contribution in [3.63, 3.8) is 0 Å². The lowest BCUT2D eigenvalue weighted by atomic mass is 9.98. The second-order valence-electron chi connectivity index (χ2n) is 7.84. The summed E-state index contributed by atoms with van der Waals surface area (Å²) in [6.45, 7) is 3.03. The molecule has 1 N–H and O–H groups in total. The summed E-state index contributed by atoms with van der Waals surface area (Å²) in [5, 5.41) is 15.8. The van der Waals surface area contributed by atoms with E-state index in [1.165, 1.54) is 10.5 Å². The van der Waals surface area contributed by atoms with Gasteiger partial charge in [0.1, 0.15) is 0 Å². The van der Waals surface area contributed by atoms with Crippen molar-refractivity contribution >= 4 is 33.5 Å². The number of fused-ring (bicyclic) bond motifs is 2. The Morgan fingerprint density at radius 2 is 1.83 bits per heavy atom. The van der Waals surface area contributed by atoms with E-state index in [0.717, 1.165) is 44.2 Å². The highest BCUT2D eigenvalue weighted by Crippen LogP contribution is 2.30. The summed E-state index contributed by atoms with van der Waals surface area (Å²) in [6, 6.07) is 14.8. The van der Waals surface area contributed by atoms with E-state index in [1.54, 1.807) is 0 Å². The van der Waals surface area contributed by atoms with E-state index < -0.39 is 6.09 Å². The van der Waals surface area contributed by atoms with Crippen molar-refractivity contribution in [2.24, 2.45) is 7.05 Å². The molecule has 5 rings (SSSR count). The van der Waals surface area contributed by atoms with Gasteiger partial charge in [0.05, 0.1) is 16.7 Å². The summed E-state index contributed by atoms with van der Waals surface area (Å²) >= 11 is 0. The molecular formula is C24H22N4O2. The van der Waals surface area contributed by atoms with E-state index in [0.29, 0.717) is 19.5 Å². The molecule has 1 aliphatic heterocycles. The van der Waals surface area contributed by atoms with Gasteiger partial charge in [-0.1, -0.05) is 18.2 Å². The number of carboxylic acid groups (broad SMARTS) is 1. The minimum Gasteiger partial charge on any atom is -0.465 e. The van der Waals surface area contributed by atoms with Gasteiger partial charge in [0.25, 0.3) is 0 Å². The molecule has 0 atom stereocenters. The minimum absolute atomic E-state index is 0.416. The van der Waals surface area contributed by atoms with Gasteiger partial charge >= 0.3 is 6.09 Å². The minimum atomic E-state index is -0.870. The molecular weight excluding hydrogens is 376 g/mol. The van der Waals surface area contributed by atoms with E-state index in [9.17, 15) is 4.79 Å². The van der Waals surface area contributed by atoms with E-state index in [1.807, 2.05) is 24.0 Å². The van der Waals surface area contributed by atoms with Crippen LogP contribution in [0.4, 0.5) is 4.79 Å². The van der Waals surface area contributed by atoms with Crippen molar-refractivity contribution in [2.45, 2.75) is 13.3 Å². The molecule has 0 bridgehead atoms. The van der Waals surface area contributed by atoms with Gasteiger partial charge in [-0.05, 0) is 65.9 Å². The Morgan fingerprint density at radius 3 is 2.57 bits per heavy atom. The average molecular weight is 398 g/mol. The first-order valence-electron chi connectivity index (χ1n) is 10.0. The van der Waals surface area contributed by atoms with Gasteiger partial charge in [0.2, 0.25) is 0 Å². The molecule has 0 spiro atoms. The highest BCUT2D eigenvalue weighted by molar-refractivity contribution is 5.91. The quantitative estimate of drug-likeness (QED) is 0.523. The monoisotopic (exact) mass is 398 g/mol. The third-order valence-corrected chi connectivity index (χ3v) is 5.78.